The van der Waals surface area contributed by atoms with Crippen LogP contribution in [0.4, 0.5) is 0 Å². The zero-order chi connectivity index (χ0) is 13.4. The molecular weight excluding hydrogens is 332 g/mol. The van der Waals surface area contributed by atoms with E-state index in [1.54, 1.807) is 0 Å². The molecule has 9 heteroatoms. The molecule has 0 saturated carbocycles. The SMILES string of the molecule is CNC(=O)c1c(Cl)c(Cl)cc(S(=O)(=O)Cl)c1Cl. The third-order valence-corrected chi connectivity index (χ3v) is 4.48. The molecule has 0 atom stereocenters. The molecule has 1 N–H and O–H groups in total. The molecule has 17 heavy (non-hydrogen) atoms. The van der Waals surface area contributed by atoms with Crippen LogP contribution in [0.2, 0.25) is 15.1 Å². The number of rotatable bonds is 2. The lowest BCUT2D eigenvalue weighted by Crippen LogP contribution is -2.19. The van der Waals surface area contributed by atoms with Crippen molar-refractivity contribution < 1.29 is 13.2 Å². The summed E-state index contributed by atoms with van der Waals surface area (Å²) >= 11 is 17.3. The Morgan fingerprint density at radius 1 is 1.24 bits per heavy atom. The second-order valence-electron chi connectivity index (χ2n) is 2.88. The molecule has 0 heterocycles. The zero-order valence-electron chi connectivity index (χ0n) is 8.22. The first-order valence-corrected chi connectivity index (χ1v) is 7.48. The standard InChI is InChI=1S/C8H5Cl4NO3S/c1-13-8(14)5-6(10)3(9)2-4(7(5)11)17(12,15)16/h2H,1H3,(H,13,14). The lowest BCUT2D eigenvalue weighted by Gasteiger charge is -2.10. The number of hydrogen-bond donors (Lipinski definition) is 1. The van der Waals surface area contributed by atoms with Gasteiger partial charge in [-0.3, -0.25) is 4.79 Å². The number of nitrogens with one attached hydrogen (secondary N) is 1. The van der Waals surface area contributed by atoms with Gasteiger partial charge in [0.1, 0.15) is 4.90 Å². The van der Waals surface area contributed by atoms with Gasteiger partial charge in [-0.1, -0.05) is 34.8 Å². The van der Waals surface area contributed by atoms with Crippen LogP contribution in [0, 0.1) is 0 Å². The molecule has 4 nitrogen and oxygen atoms in total. The van der Waals surface area contributed by atoms with Gasteiger partial charge in [0, 0.05) is 17.7 Å². The van der Waals surface area contributed by atoms with Gasteiger partial charge in [-0.05, 0) is 6.07 Å². The van der Waals surface area contributed by atoms with E-state index in [1.807, 2.05) is 0 Å². The summed E-state index contributed by atoms with van der Waals surface area (Å²) in [6.45, 7) is 0. The number of amides is 1. The van der Waals surface area contributed by atoms with Gasteiger partial charge in [-0.2, -0.15) is 0 Å². The number of halogens is 4. The monoisotopic (exact) mass is 335 g/mol. The highest BCUT2D eigenvalue weighted by Crippen LogP contribution is 2.37. The Kier molecular flexibility index (Phi) is 4.54. The quantitative estimate of drug-likeness (QED) is 0.667. The van der Waals surface area contributed by atoms with E-state index in [9.17, 15) is 13.2 Å². The molecule has 1 aromatic carbocycles. The normalized spacial score (nSPS) is 11.4. The van der Waals surface area contributed by atoms with Crippen LogP contribution in [0.25, 0.3) is 0 Å². The molecule has 0 aromatic heterocycles. The summed E-state index contributed by atoms with van der Waals surface area (Å²) in [4.78, 5) is 11.0. The van der Waals surface area contributed by atoms with Crippen LogP contribution in [-0.2, 0) is 9.05 Å². The minimum atomic E-state index is -4.12. The summed E-state index contributed by atoms with van der Waals surface area (Å²) in [7, 11) is 2.38. The van der Waals surface area contributed by atoms with E-state index in [1.165, 1.54) is 7.05 Å². The fourth-order valence-electron chi connectivity index (χ4n) is 1.08. The summed E-state index contributed by atoms with van der Waals surface area (Å²) in [5, 5.41) is 1.63. The highest BCUT2D eigenvalue weighted by atomic mass is 35.7. The molecule has 94 valence electrons. The van der Waals surface area contributed by atoms with E-state index < -0.39 is 19.9 Å². The van der Waals surface area contributed by atoms with Crippen LogP contribution in [0.1, 0.15) is 10.4 Å². The molecule has 0 bridgehead atoms. The summed E-state index contributed by atoms with van der Waals surface area (Å²) in [6, 6.07) is 0.987. The van der Waals surface area contributed by atoms with E-state index in [2.05, 4.69) is 5.32 Å². The summed E-state index contributed by atoms with van der Waals surface area (Å²) in [5.74, 6) is -0.663. The molecule has 0 fully saturated rings. The number of carbonyl (C=O) groups excluding carboxylic acids is 1. The van der Waals surface area contributed by atoms with Gasteiger partial charge in [-0.25, -0.2) is 8.42 Å². The van der Waals surface area contributed by atoms with Crippen molar-refractivity contribution in [1.29, 1.82) is 0 Å². The van der Waals surface area contributed by atoms with Crippen molar-refractivity contribution in [2.45, 2.75) is 4.90 Å². The van der Waals surface area contributed by atoms with Crippen molar-refractivity contribution >= 4 is 60.4 Å². The van der Waals surface area contributed by atoms with Gasteiger partial charge in [0.25, 0.3) is 15.0 Å². The average molecular weight is 337 g/mol. The van der Waals surface area contributed by atoms with Crippen LogP contribution in [0.3, 0.4) is 0 Å². The topological polar surface area (TPSA) is 63.2 Å². The minimum Gasteiger partial charge on any atom is -0.355 e. The predicted molar refractivity (Wildman–Crippen MR) is 67.9 cm³/mol. The second-order valence-corrected chi connectivity index (χ2v) is 6.57. The van der Waals surface area contributed by atoms with Crippen molar-refractivity contribution in [1.82, 2.24) is 5.32 Å². The highest BCUT2D eigenvalue weighted by molar-refractivity contribution is 8.13. The maximum absolute atomic E-state index is 11.5. The van der Waals surface area contributed by atoms with E-state index in [0.717, 1.165) is 6.07 Å². The Bertz CT molecular complexity index is 585. The maximum Gasteiger partial charge on any atom is 0.262 e. The first-order valence-electron chi connectivity index (χ1n) is 4.04. The molecule has 0 aliphatic rings. The summed E-state index contributed by atoms with van der Waals surface area (Å²) < 4.78 is 22.5. The van der Waals surface area contributed by atoms with Crippen molar-refractivity contribution in [2.24, 2.45) is 0 Å². The van der Waals surface area contributed by atoms with Crippen LogP contribution in [0.5, 0.6) is 0 Å². The Morgan fingerprint density at radius 3 is 2.18 bits per heavy atom. The van der Waals surface area contributed by atoms with Gasteiger partial charge < -0.3 is 5.32 Å². The third-order valence-electron chi connectivity index (χ3n) is 1.84. The smallest absolute Gasteiger partial charge is 0.262 e. The van der Waals surface area contributed by atoms with Gasteiger partial charge >= 0.3 is 0 Å². The number of benzene rings is 1. The predicted octanol–water partition coefficient (Wildman–Crippen LogP) is 2.93. The average Bonchev–Trinajstić information content (AvgIpc) is 2.21. The molecule has 1 rings (SSSR count). The number of hydrogen-bond acceptors (Lipinski definition) is 3. The largest absolute Gasteiger partial charge is 0.355 e. The van der Waals surface area contributed by atoms with Crippen LogP contribution >= 0.6 is 45.5 Å². The molecule has 0 spiro atoms. The van der Waals surface area contributed by atoms with E-state index >= 15 is 0 Å². The van der Waals surface area contributed by atoms with Gasteiger partial charge in [0.2, 0.25) is 0 Å². The molecule has 0 radical (unpaired) electrons. The fraction of sp³-hybridized carbons (Fsp3) is 0.125. The highest BCUT2D eigenvalue weighted by Gasteiger charge is 2.25. The van der Waals surface area contributed by atoms with Crippen molar-refractivity contribution in [3.05, 3.63) is 26.7 Å². The Hall–Kier alpha value is -0.200. The molecule has 0 saturated heterocycles. The summed E-state index contributed by atoms with van der Waals surface area (Å²) in [5.41, 5.74) is -0.234. The van der Waals surface area contributed by atoms with Gasteiger partial charge in [-0.15, -0.1) is 0 Å². The van der Waals surface area contributed by atoms with Crippen molar-refractivity contribution in [3.8, 4) is 0 Å². The molecule has 1 amide bonds. The van der Waals surface area contributed by atoms with Gasteiger partial charge in [0.15, 0.2) is 0 Å². The van der Waals surface area contributed by atoms with Crippen LogP contribution < -0.4 is 5.32 Å². The Balaban J connectivity index is 3.72. The molecule has 0 unspecified atom stereocenters. The first kappa shape index (κ1) is 14.9. The van der Waals surface area contributed by atoms with Crippen molar-refractivity contribution in [3.63, 3.8) is 0 Å². The fourth-order valence-corrected chi connectivity index (χ4v) is 3.23. The first-order chi connectivity index (χ1) is 7.70. The van der Waals surface area contributed by atoms with Crippen molar-refractivity contribution in [2.75, 3.05) is 7.05 Å². The van der Waals surface area contributed by atoms with Crippen LogP contribution in [0.15, 0.2) is 11.0 Å². The maximum atomic E-state index is 11.5. The van der Waals surface area contributed by atoms with E-state index in [-0.39, 0.29) is 20.6 Å². The lowest BCUT2D eigenvalue weighted by atomic mass is 10.2. The number of carbonyl (C=O) groups is 1. The molecular formula is C8H5Cl4NO3S. The summed E-state index contributed by atoms with van der Waals surface area (Å²) in [6.07, 6.45) is 0. The van der Waals surface area contributed by atoms with Crippen LogP contribution in [-0.4, -0.2) is 21.4 Å². The molecule has 0 aliphatic carbocycles. The van der Waals surface area contributed by atoms with E-state index in [4.69, 9.17) is 45.5 Å². The molecule has 1 aromatic rings. The second kappa shape index (κ2) is 5.20. The molecule has 0 aliphatic heterocycles. The van der Waals surface area contributed by atoms with Gasteiger partial charge in [0.05, 0.1) is 20.6 Å². The Morgan fingerprint density at radius 2 is 1.76 bits per heavy atom. The Labute approximate surface area is 117 Å². The lowest BCUT2D eigenvalue weighted by molar-refractivity contribution is 0.0963. The minimum absolute atomic E-state index is 0.131. The third kappa shape index (κ3) is 2.98. The zero-order valence-corrected chi connectivity index (χ0v) is 12.1. The van der Waals surface area contributed by atoms with E-state index in [0.29, 0.717) is 0 Å².